The molecule has 0 spiro atoms. The molecule has 0 aliphatic rings. The maximum Gasteiger partial charge on any atom is 0.274 e. The Morgan fingerprint density at radius 1 is 1.06 bits per heavy atom. The van der Waals surface area contributed by atoms with Gasteiger partial charge in [-0.3, -0.25) is 4.79 Å². The van der Waals surface area contributed by atoms with Crippen LogP contribution in [0.2, 0.25) is 5.02 Å². The fourth-order valence-corrected chi connectivity index (χ4v) is 5.12. The van der Waals surface area contributed by atoms with Crippen molar-refractivity contribution in [3.8, 4) is 17.2 Å². The van der Waals surface area contributed by atoms with Crippen LogP contribution >= 0.6 is 22.9 Å². The second-order valence-corrected chi connectivity index (χ2v) is 9.45. The fraction of sp³-hybridized carbons (Fsp3) is 0.185. The molecule has 2 heterocycles. The Kier molecular flexibility index (Phi) is 6.61. The van der Waals surface area contributed by atoms with E-state index in [9.17, 15) is 4.79 Å². The van der Waals surface area contributed by atoms with Gasteiger partial charge in [0.15, 0.2) is 16.5 Å². The zero-order valence-electron chi connectivity index (χ0n) is 19.3. The minimum Gasteiger partial charge on any atom is -0.493 e. The summed E-state index contributed by atoms with van der Waals surface area (Å²) in [6, 6.07) is 19.1. The van der Waals surface area contributed by atoms with Gasteiger partial charge in [0.05, 0.1) is 40.9 Å². The molecule has 5 rings (SSSR count). The maximum atomic E-state index is 13.0. The first-order chi connectivity index (χ1) is 17.0. The molecular weight excluding hydrogens is 484 g/mol. The number of rotatable bonds is 8. The molecule has 178 valence electrons. The molecule has 2 aromatic heterocycles. The summed E-state index contributed by atoms with van der Waals surface area (Å²) in [4.78, 5) is 18.3. The highest BCUT2D eigenvalue weighted by molar-refractivity contribution is 7.15. The number of hydrogen-bond donors (Lipinski definition) is 0. The Morgan fingerprint density at radius 3 is 2.71 bits per heavy atom. The van der Waals surface area contributed by atoms with Crippen LogP contribution in [-0.2, 0) is 0 Å². The number of thiazole rings is 1. The number of fused-ring (bicyclic) bond motifs is 3. The Morgan fingerprint density at radius 2 is 1.89 bits per heavy atom. The smallest absolute Gasteiger partial charge is 0.274 e. The third kappa shape index (κ3) is 4.83. The van der Waals surface area contributed by atoms with Crippen LogP contribution in [0, 0.1) is 6.92 Å². The largest absolute Gasteiger partial charge is 0.493 e. The number of methoxy groups -OCH3 is 1. The Balaban J connectivity index is 1.33. The van der Waals surface area contributed by atoms with E-state index in [1.165, 1.54) is 11.3 Å². The number of benzene rings is 3. The number of aryl methyl sites for hydroxylation is 1. The van der Waals surface area contributed by atoms with E-state index >= 15 is 0 Å². The summed E-state index contributed by atoms with van der Waals surface area (Å²) >= 11 is 7.87. The number of hydrogen-bond acceptors (Lipinski definition) is 6. The van der Waals surface area contributed by atoms with Crippen LogP contribution in [0.3, 0.4) is 0 Å². The molecule has 0 aliphatic heterocycles. The van der Waals surface area contributed by atoms with Gasteiger partial charge < -0.3 is 14.2 Å². The summed E-state index contributed by atoms with van der Waals surface area (Å²) in [5, 5.41) is 0.412. The van der Waals surface area contributed by atoms with Gasteiger partial charge in [-0.15, -0.1) is 0 Å². The topological polar surface area (TPSA) is 62.1 Å². The van der Waals surface area contributed by atoms with Crippen LogP contribution in [0.15, 0.2) is 65.5 Å². The number of halogens is 1. The molecule has 0 aliphatic carbocycles. The van der Waals surface area contributed by atoms with E-state index in [0.717, 1.165) is 27.9 Å². The molecule has 0 saturated heterocycles. The standard InChI is InChI=1S/C27H23ClN2O4S/c1-17-7-5-8-19(13-17)33-11-6-12-34-25-20(28)14-18(15-23(25)32-2)16-24-26(31)30-22-10-4-3-9-21(22)29-27(30)35-24/h3-5,7-10,13-16H,6,11-12H2,1-2H3. The Labute approximate surface area is 211 Å². The summed E-state index contributed by atoms with van der Waals surface area (Å²) < 4.78 is 19.4. The van der Waals surface area contributed by atoms with Gasteiger partial charge in [0.25, 0.3) is 5.56 Å². The molecule has 8 heteroatoms. The SMILES string of the molecule is COc1cc(C=c2sc3nc4ccccc4n3c2=O)cc(Cl)c1OCCCOc1cccc(C)c1. The van der Waals surface area contributed by atoms with Crippen molar-refractivity contribution in [2.45, 2.75) is 13.3 Å². The number of nitrogens with zero attached hydrogens (tertiary/aromatic N) is 2. The molecule has 6 nitrogen and oxygen atoms in total. The zero-order chi connectivity index (χ0) is 24.4. The maximum absolute atomic E-state index is 13.0. The lowest BCUT2D eigenvalue weighted by molar-refractivity contribution is 0.240. The van der Waals surface area contributed by atoms with Crippen LogP contribution in [0.25, 0.3) is 22.1 Å². The number of aromatic nitrogens is 2. The first kappa shape index (κ1) is 23.2. The summed E-state index contributed by atoms with van der Waals surface area (Å²) in [6.45, 7) is 2.98. The molecule has 3 aromatic carbocycles. The second-order valence-electron chi connectivity index (χ2n) is 8.04. The predicted molar refractivity (Wildman–Crippen MR) is 140 cm³/mol. The number of imidazole rings is 1. The average molecular weight is 507 g/mol. The highest BCUT2D eigenvalue weighted by Crippen LogP contribution is 2.36. The van der Waals surface area contributed by atoms with Crippen LogP contribution in [0.1, 0.15) is 17.5 Å². The predicted octanol–water partition coefficient (Wildman–Crippen LogP) is 5.28. The lowest BCUT2D eigenvalue weighted by Crippen LogP contribution is -2.22. The van der Waals surface area contributed by atoms with Crippen molar-refractivity contribution < 1.29 is 14.2 Å². The Hall–Kier alpha value is -3.55. The first-order valence-corrected chi connectivity index (χ1v) is 12.3. The van der Waals surface area contributed by atoms with Crippen LogP contribution in [-0.4, -0.2) is 29.7 Å². The molecule has 0 atom stereocenters. The van der Waals surface area contributed by atoms with E-state index in [1.807, 2.05) is 61.5 Å². The minimum atomic E-state index is -0.109. The van der Waals surface area contributed by atoms with E-state index in [-0.39, 0.29) is 5.56 Å². The summed E-state index contributed by atoms with van der Waals surface area (Å²) in [5.41, 5.74) is 3.39. The van der Waals surface area contributed by atoms with Crippen LogP contribution < -0.4 is 24.3 Å². The van der Waals surface area contributed by atoms with Gasteiger partial charge in [-0.05, 0) is 60.5 Å². The van der Waals surface area contributed by atoms with Crippen molar-refractivity contribution in [2.75, 3.05) is 20.3 Å². The minimum absolute atomic E-state index is 0.109. The average Bonchev–Trinajstić information content (AvgIpc) is 3.35. The highest BCUT2D eigenvalue weighted by Gasteiger charge is 2.14. The van der Waals surface area contributed by atoms with E-state index in [4.69, 9.17) is 25.8 Å². The van der Waals surface area contributed by atoms with E-state index in [0.29, 0.717) is 45.6 Å². The molecule has 0 bridgehead atoms. The van der Waals surface area contributed by atoms with Gasteiger partial charge in [-0.2, -0.15) is 0 Å². The fourth-order valence-electron chi connectivity index (χ4n) is 3.85. The molecule has 5 aromatic rings. The van der Waals surface area contributed by atoms with Gasteiger partial charge in [-0.25, -0.2) is 9.38 Å². The van der Waals surface area contributed by atoms with Gasteiger partial charge in [0.1, 0.15) is 5.75 Å². The lowest BCUT2D eigenvalue weighted by atomic mass is 10.2. The van der Waals surface area contributed by atoms with Crippen molar-refractivity contribution in [1.29, 1.82) is 0 Å². The zero-order valence-corrected chi connectivity index (χ0v) is 20.9. The van der Waals surface area contributed by atoms with Crippen molar-refractivity contribution in [2.24, 2.45) is 0 Å². The molecule has 0 N–H and O–H groups in total. The number of para-hydroxylation sites is 2. The summed E-state index contributed by atoms with van der Waals surface area (Å²) in [5.74, 6) is 1.81. The van der Waals surface area contributed by atoms with Gasteiger partial charge in [-0.1, -0.05) is 47.2 Å². The third-order valence-electron chi connectivity index (χ3n) is 5.49. The van der Waals surface area contributed by atoms with Crippen molar-refractivity contribution >= 4 is 45.0 Å². The first-order valence-electron chi connectivity index (χ1n) is 11.1. The highest BCUT2D eigenvalue weighted by atomic mass is 35.5. The quantitative estimate of drug-likeness (QED) is 0.268. The van der Waals surface area contributed by atoms with Crippen LogP contribution in [0.4, 0.5) is 0 Å². The second kappa shape index (κ2) is 9.98. The van der Waals surface area contributed by atoms with Crippen LogP contribution in [0.5, 0.6) is 17.2 Å². The van der Waals surface area contributed by atoms with Crippen molar-refractivity contribution in [1.82, 2.24) is 9.38 Å². The van der Waals surface area contributed by atoms with E-state index < -0.39 is 0 Å². The molecule has 0 amide bonds. The number of ether oxygens (including phenoxy) is 3. The summed E-state index contributed by atoms with van der Waals surface area (Å²) in [7, 11) is 1.56. The normalized spacial score (nSPS) is 11.9. The van der Waals surface area contributed by atoms with Gasteiger partial charge in [0, 0.05) is 6.42 Å². The monoisotopic (exact) mass is 506 g/mol. The van der Waals surface area contributed by atoms with Gasteiger partial charge >= 0.3 is 0 Å². The lowest BCUT2D eigenvalue weighted by Gasteiger charge is -2.13. The van der Waals surface area contributed by atoms with E-state index in [1.54, 1.807) is 23.7 Å². The molecule has 0 saturated carbocycles. The van der Waals surface area contributed by atoms with Crippen molar-refractivity contribution in [3.05, 3.63) is 91.7 Å². The third-order valence-corrected chi connectivity index (χ3v) is 6.74. The molecule has 35 heavy (non-hydrogen) atoms. The van der Waals surface area contributed by atoms with Crippen molar-refractivity contribution in [3.63, 3.8) is 0 Å². The van der Waals surface area contributed by atoms with Gasteiger partial charge in [0.2, 0.25) is 0 Å². The molecular formula is C27H23ClN2O4S. The molecule has 0 radical (unpaired) electrons. The molecule has 0 fully saturated rings. The van der Waals surface area contributed by atoms with E-state index in [2.05, 4.69) is 4.98 Å². The Bertz CT molecular complexity index is 1630. The molecule has 0 unspecified atom stereocenters. The summed E-state index contributed by atoms with van der Waals surface area (Å²) in [6.07, 6.45) is 2.48.